The highest BCUT2D eigenvalue weighted by molar-refractivity contribution is 5.96. The molecule has 1 saturated heterocycles. The molecule has 7 nitrogen and oxygen atoms in total. The standard InChI is InChI=1S/C21H24N4O3/c22-11-10-20(26)24-17-8-6-16(7-9-17)21(27)23-15-18(19-5-4-14-28-19)25-12-2-1-3-13-25/h4-9,14,18H,1-3,10,12-13,15H2,(H,23,27)(H,24,26)/p+1/t18-/m1/s1. The number of nitrogens with one attached hydrogen (secondary N) is 3. The van der Waals surface area contributed by atoms with Gasteiger partial charge in [-0.15, -0.1) is 0 Å². The normalized spacial score (nSPS) is 15.4. The fourth-order valence-electron chi connectivity index (χ4n) is 3.57. The van der Waals surface area contributed by atoms with Crippen molar-refractivity contribution in [3.8, 4) is 6.07 Å². The van der Waals surface area contributed by atoms with Gasteiger partial charge in [-0.25, -0.2) is 0 Å². The van der Waals surface area contributed by atoms with Crippen molar-refractivity contribution in [3.63, 3.8) is 0 Å². The maximum atomic E-state index is 12.6. The second-order valence-electron chi connectivity index (χ2n) is 6.96. The molecule has 1 aliphatic heterocycles. The average Bonchev–Trinajstić information content (AvgIpc) is 3.24. The van der Waals surface area contributed by atoms with Gasteiger partial charge in [0.25, 0.3) is 5.91 Å². The summed E-state index contributed by atoms with van der Waals surface area (Å²) in [6.07, 6.45) is 5.12. The smallest absolute Gasteiger partial charge is 0.251 e. The molecule has 7 heteroatoms. The molecule has 2 heterocycles. The Morgan fingerprint density at radius 1 is 1.14 bits per heavy atom. The summed E-state index contributed by atoms with van der Waals surface area (Å²) >= 11 is 0. The molecule has 0 bridgehead atoms. The lowest BCUT2D eigenvalue weighted by molar-refractivity contribution is -0.936. The van der Waals surface area contributed by atoms with Crippen LogP contribution in [0.1, 0.15) is 47.8 Å². The third kappa shape index (κ3) is 5.21. The monoisotopic (exact) mass is 381 g/mol. The summed E-state index contributed by atoms with van der Waals surface area (Å²) in [5.74, 6) is 0.362. The number of nitriles is 1. The third-order valence-corrected chi connectivity index (χ3v) is 5.01. The predicted octanol–water partition coefficient (Wildman–Crippen LogP) is 1.67. The molecule has 1 aromatic heterocycles. The first-order chi connectivity index (χ1) is 13.7. The Morgan fingerprint density at radius 2 is 1.89 bits per heavy atom. The van der Waals surface area contributed by atoms with Gasteiger partial charge in [-0.1, -0.05) is 0 Å². The van der Waals surface area contributed by atoms with E-state index in [4.69, 9.17) is 9.68 Å². The van der Waals surface area contributed by atoms with E-state index in [-0.39, 0.29) is 24.3 Å². The number of amides is 2. The van der Waals surface area contributed by atoms with Gasteiger partial charge in [0.05, 0.1) is 32.0 Å². The van der Waals surface area contributed by atoms with E-state index in [1.54, 1.807) is 36.6 Å². The topological polar surface area (TPSA) is 99.6 Å². The maximum absolute atomic E-state index is 12.6. The molecule has 1 fully saturated rings. The van der Waals surface area contributed by atoms with Crippen LogP contribution in [-0.4, -0.2) is 31.4 Å². The lowest BCUT2D eigenvalue weighted by Crippen LogP contribution is -3.13. The maximum Gasteiger partial charge on any atom is 0.251 e. The Balaban J connectivity index is 1.59. The molecule has 1 aromatic carbocycles. The van der Waals surface area contributed by atoms with E-state index in [2.05, 4.69) is 10.6 Å². The van der Waals surface area contributed by atoms with Crippen molar-refractivity contribution in [2.24, 2.45) is 0 Å². The number of carbonyl (C=O) groups excluding carboxylic acids is 2. The van der Waals surface area contributed by atoms with Crippen LogP contribution in [0.4, 0.5) is 5.69 Å². The predicted molar refractivity (Wildman–Crippen MR) is 104 cm³/mol. The van der Waals surface area contributed by atoms with Crippen molar-refractivity contribution >= 4 is 17.5 Å². The van der Waals surface area contributed by atoms with Gasteiger partial charge in [-0.05, 0) is 55.7 Å². The van der Waals surface area contributed by atoms with Crippen molar-refractivity contribution in [1.82, 2.24) is 5.32 Å². The number of rotatable bonds is 7. The molecule has 1 aliphatic rings. The Kier molecular flexibility index (Phi) is 6.82. The molecule has 0 saturated carbocycles. The van der Waals surface area contributed by atoms with Crippen LogP contribution in [0.2, 0.25) is 0 Å². The molecular weight excluding hydrogens is 356 g/mol. The second-order valence-corrected chi connectivity index (χ2v) is 6.96. The number of benzene rings is 1. The molecule has 146 valence electrons. The Morgan fingerprint density at radius 3 is 2.54 bits per heavy atom. The highest BCUT2D eigenvalue weighted by Gasteiger charge is 2.28. The zero-order valence-electron chi connectivity index (χ0n) is 15.7. The summed E-state index contributed by atoms with van der Waals surface area (Å²) in [6, 6.07) is 12.4. The first-order valence-corrected chi connectivity index (χ1v) is 9.60. The number of carbonyl (C=O) groups is 2. The lowest BCUT2D eigenvalue weighted by Gasteiger charge is -2.30. The molecule has 0 unspecified atom stereocenters. The minimum atomic E-state index is -0.370. The van der Waals surface area contributed by atoms with Gasteiger partial charge in [0.15, 0.2) is 11.8 Å². The van der Waals surface area contributed by atoms with Gasteiger partial charge in [0.2, 0.25) is 5.91 Å². The SMILES string of the molecule is N#CCC(=O)Nc1ccc(C(=O)NC[C@H](c2ccco2)[NH+]2CCCCC2)cc1. The number of piperidine rings is 1. The van der Waals surface area contributed by atoms with Gasteiger partial charge in [0, 0.05) is 11.3 Å². The van der Waals surface area contributed by atoms with Crippen LogP contribution in [0.5, 0.6) is 0 Å². The molecular formula is C21H25N4O3+. The number of hydrogen-bond donors (Lipinski definition) is 3. The lowest BCUT2D eigenvalue weighted by atomic mass is 10.1. The molecule has 3 rings (SSSR count). The number of anilines is 1. The fraction of sp³-hybridized carbons (Fsp3) is 0.381. The van der Waals surface area contributed by atoms with Crippen molar-refractivity contribution in [2.75, 3.05) is 25.0 Å². The van der Waals surface area contributed by atoms with Crippen molar-refractivity contribution in [3.05, 3.63) is 54.0 Å². The van der Waals surface area contributed by atoms with Gasteiger partial charge in [0.1, 0.15) is 6.42 Å². The summed E-state index contributed by atoms with van der Waals surface area (Å²) in [5.41, 5.74) is 1.08. The Hall–Kier alpha value is -3.11. The molecule has 2 aromatic rings. The summed E-state index contributed by atoms with van der Waals surface area (Å²) in [6.45, 7) is 2.67. The van der Waals surface area contributed by atoms with Crippen LogP contribution in [-0.2, 0) is 4.79 Å². The van der Waals surface area contributed by atoms with Crippen LogP contribution in [0.25, 0.3) is 0 Å². The minimum Gasteiger partial charge on any atom is -0.463 e. The quantitative estimate of drug-likeness (QED) is 0.679. The van der Waals surface area contributed by atoms with Crippen LogP contribution >= 0.6 is 0 Å². The summed E-state index contributed by atoms with van der Waals surface area (Å²) in [4.78, 5) is 25.4. The minimum absolute atomic E-state index is 0.101. The molecule has 0 radical (unpaired) electrons. The number of hydrogen-bond acceptors (Lipinski definition) is 4. The summed E-state index contributed by atoms with van der Waals surface area (Å²) in [5, 5.41) is 14.2. The van der Waals surface area contributed by atoms with Gasteiger partial charge in [-0.3, -0.25) is 9.59 Å². The van der Waals surface area contributed by atoms with E-state index in [9.17, 15) is 9.59 Å². The second kappa shape index (κ2) is 9.72. The van der Waals surface area contributed by atoms with Crippen LogP contribution in [0.3, 0.4) is 0 Å². The molecule has 3 N–H and O–H groups in total. The first-order valence-electron chi connectivity index (χ1n) is 9.60. The third-order valence-electron chi connectivity index (χ3n) is 5.01. The van der Waals surface area contributed by atoms with Gasteiger partial charge < -0.3 is 20.0 Å². The van der Waals surface area contributed by atoms with E-state index in [1.165, 1.54) is 24.2 Å². The van der Waals surface area contributed by atoms with Crippen molar-refractivity contribution < 1.29 is 18.9 Å². The van der Waals surface area contributed by atoms with Crippen molar-refractivity contribution in [2.45, 2.75) is 31.7 Å². The van der Waals surface area contributed by atoms with Gasteiger partial charge >= 0.3 is 0 Å². The van der Waals surface area contributed by atoms with E-state index in [0.717, 1.165) is 18.8 Å². The Labute approximate surface area is 164 Å². The number of nitrogens with zero attached hydrogens (tertiary/aromatic N) is 1. The van der Waals surface area contributed by atoms with Crippen LogP contribution < -0.4 is 15.5 Å². The number of furan rings is 1. The summed E-state index contributed by atoms with van der Waals surface area (Å²) < 4.78 is 5.62. The van der Waals surface area contributed by atoms with Crippen LogP contribution in [0, 0.1) is 11.3 Å². The largest absolute Gasteiger partial charge is 0.463 e. The zero-order valence-corrected chi connectivity index (χ0v) is 15.7. The van der Waals surface area contributed by atoms with E-state index in [0.29, 0.717) is 17.8 Å². The number of likely N-dealkylation sites (tertiary alicyclic amines) is 1. The highest BCUT2D eigenvalue weighted by atomic mass is 16.3. The molecule has 28 heavy (non-hydrogen) atoms. The average molecular weight is 381 g/mol. The van der Waals surface area contributed by atoms with E-state index in [1.807, 2.05) is 12.1 Å². The van der Waals surface area contributed by atoms with Crippen LogP contribution in [0.15, 0.2) is 47.1 Å². The number of quaternary nitrogens is 1. The molecule has 0 spiro atoms. The zero-order chi connectivity index (χ0) is 19.8. The van der Waals surface area contributed by atoms with E-state index < -0.39 is 0 Å². The molecule has 2 amide bonds. The van der Waals surface area contributed by atoms with Crippen molar-refractivity contribution in [1.29, 1.82) is 5.26 Å². The summed E-state index contributed by atoms with van der Waals surface area (Å²) in [7, 11) is 0. The fourth-order valence-corrected chi connectivity index (χ4v) is 3.57. The molecule has 1 atom stereocenters. The van der Waals surface area contributed by atoms with Gasteiger partial charge in [-0.2, -0.15) is 5.26 Å². The Bertz CT molecular complexity index is 818. The van der Waals surface area contributed by atoms with E-state index >= 15 is 0 Å². The molecule has 0 aliphatic carbocycles. The first kappa shape index (κ1) is 19.6. The highest BCUT2D eigenvalue weighted by Crippen LogP contribution is 2.13.